The highest BCUT2D eigenvalue weighted by Gasteiger charge is 2.27. The molecule has 0 aromatic heterocycles. The van der Waals surface area contributed by atoms with Crippen molar-refractivity contribution in [2.75, 3.05) is 19.8 Å². The van der Waals surface area contributed by atoms with E-state index in [4.69, 9.17) is 9.47 Å². The van der Waals surface area contributed by atoms with E-state index in [2.05, 4.69) is 51.2 Å². The van der Waals surface area contributed by atoms with E-state index < -0.39 is 0 Å². The predicted octanol–water partition coefficient (Wildman–Crippen LogP) is 3.26. The van der Waals surface area contributed by atoms with Crippen LogP contribution < -0.4 is 10.1 Å². The van der Waals surface area contributed by atoms with E-state index in [-0.39, 0.29) is 6.10 Å². The second kappa shape index (κ2) is 7.09. The summed E-state index contributed by atoms with van der Waals surface area (Å²) in [6.07, 6.45) is 1.12. The van der Waals surface area contributed by atoms with E-state index >= 15 is 0 Å². The Kier molecular flexibility index (Phi) is 5.44. The predicted molar refractivity (Wildman–Crippen MR) is 82.6 cm³/mol. The fraction of sp³-hybridized carbons (Fsp3) is 0.647. The van der Waals surface area contributed by atoms with E-state index in [1.807, 2.05) is 0 Å². The minimum atomic E-state index is 0.1000. The first-order chi connectivity index (χ1) is 9.61. The average molecular weight is 277 g/mol. The van der Waals surface area contributed by atoms with Gasteiger partial charge >= 0.3 is 0 Å². The first-order valence-electron chi connectivity index (χ1n) is 7.70. The number of likely N-dealkylation sites (N-methyl/N-ethyl adjacent to an activating group) is 1. The SMILES string of the molecule is CCNC1CCOCC1Oc1cc(C)ccc1C(C)C. The van der Waals surface area contributed by atoms with Gasteiger partial charge in [-0.1, -0.05) is 32.9 Å². The van der Waals surface area contributed by atoms with Gasteiger partial charge in [-0.05, 0) is 43.0 Å². The third-order valence-corrected chi connectivity index (χ3v) is 3.84. The van der Waals surface area contributed by atoms with Gasteiger partial charge in [0.1, 0.15) is 11.9 Å². The number of ether oxygens (including phenoxy) is 2. The van der Waals surface area contributed by atoms with Crippen molar-refractivity contribution in [1.29, 1.82) is 0 Å². The van der Waals surface area contributed by atoms with Crippen molar-refractivity contribution >= 4 is 0 Å². The average Bonchev–Trinajstić information content (AvgIpc) is 2.41. The van der Waals surface area contributed by atoms with Gasteiger partial charge in [0.05, 0.1) is 6.61 Å². The molecule has 0 bridgehead atoms. The summed E-state index contributed by atoms with van der Waals surface area (Å²) in [5, 5.41) is 3.51. The number of nitrogens with one attached hydrogen (secondary N) is 1. The molecule has 3 nitrogen and oxygen atoms in total. The molecule has 2 unspecified atom stereocenters. The zero-order chi connectivity index (χ0) is 14.5. The maximum atomic E-state index is 6.31. The summed E-state index contributed by atoms with van der Waals surface area (Å²) in [6.45, 7) is 11.1. The molecule has 1 aliphatic heterocycles. The first kappa shape index (κ1) is 15.3. The molecule has 0 radical (unpaired) electrons. The summed E-state index contributed by atoms with van der Waals surface area (Å²) >= 11 is 0. The Morgan fingerprint density at radius 3 is 2.90 bits per heavy atom. The molecule has 20 heavy (non-hydrogen) atoms. The standard InChI is InChI=1S/C17H27NO2/c1-5-18-15-8-9-19-11-17(15)20-16-10-13(4)6-7-14(16)12(2)3/h6-7,10,12,15,17-18H,5,8-9,11H2,1-4H3. The van der Waals surface area contributed by atoms with Gasteiger partial charge in [-0.3, -0.25) is 0 Å². The second-order valence-electron chi connectivity index (χ2n) is 5.88. The van der Waals surface area contributed by atoms with Gasteiger partial charge in [0.25, 0.3) is 0 Å². The van der Waals surface area contributed by atoms with Crippen LogP contribution in [0, 0.1) is 6.92 Å². The molecule has 3 heteroatoms. The van der Waals surface area contributed by atoms with Crippen LogP contribution in [0.2, 0.25) is 0 Å². The van der Waals surface area contributed by atoms with Crippen molar-refractivity contribution in [3.05, 3.63) is 29.3 Å². The highest BCUT2D eigenvalue weighted by molar-refractivity contribution is 5.39. The molecule has 0 aliphatic carbocycles. The van der Waals surface area contributed by atoms with Crippen molar-refractivity contribution in [3.8, 4) is 5.75 Å². The van der Waals surface area contributed by atoms with Gasteiger partial charge in [0, 0.05) is 12.6 Å². The Bertz CT molecular complexity index is 429. The summed E-state index contributed by atoms with van der Waals surface area (Å²) < 4.78 is 11.9. The molecule has 1 saturated heterocycles. The summed E-state index contributed by atoms with van der Waals surface area (Å²) in [4.78, 5) is 0. The van der Waals surface area contributed by atoms with Crippen LogP contribution in [0.3, 0.4) is 0 Å². The van der Waals surface area contributed by atoms with Gasteiger partial charge in [0.15, 0.2) is 0 Å². The van der Waals surface area contributed by atoms with Gasteiger partial charge in [-0.2, -0.15) is 0 Å². The van der Waals surface area contributed by atoms with Crippen LogP contribution >= 0.6 is 0 Å². The normalized spacial score (nSPS) is 23.1. The quantitative estimate of drug-likeness (QED) is 0.896. The molecule has 2 rings (SSSR count). The fourth-order valence-electron chi connectivity index (χ4n) is 2.71. The lowest BCUT2D eigenvalue weighted by Crippen LogP contribution is -2.49. The van der Waals surface area contributed by atoms with Crippen LogP contribution in [0.1, 0.15) is 44.2 Å². The molecule has 1 fully saturated rings. The maximum absolute atomic E-state index is 6.31. The van der Waals surface area contributed by atoms with E-state index in [9.17, 15) is 0 Å². The molecular weight excluding hydrogens is 250 g/mol. The zero-order valence-corrected chi connectivity index (χ0v) is 13.1. The number of benzene rings is 1. The van der Waals surface area contributed by atoms with Crippen molar-refractivity contribution in [2.24, 2.45) is 0 Å². The lowest BCUT2D eigenvalue weighted by Gasteiger charge is -2.33. The van der Waals surface area contributed by atoms with Crippen molar-refractivity contribution < 1.29 is 9.47 Å². The van der Waals surface area contributed by atoms with Crippen molar-refractivity contribution in [1.82, 2.24) is 5.32 Å². The molecule has 112 valence electrons. The minimum Gasteiger partial charge on any atom is -0.486 e. The third-order valence-electron chi connectivity index (χ3n) is 3.84. The lowest BCUT2D eigenvalue weighted by molar-refractivity contribution is -0.0147. The molecule has 1 aromatic rings. The van der Waals surface area contributed by atoms with Crippen LogP contribution in [-0.2, 0) is 4.74 Å². The molecule has 1 heterocycles. The molecule has 0 amide bonds. The van der Waals surface area contributed by atoms with Crippen LogP contribution in [0.5, 0.6) is 5.75 Å². The van der Waals surface area contributed by atoms with Gasteiger partial charge in [-0.25, -0.2) is 0 Å². The number of hydrogen-bond donors (Lipinski definition) is 1. The number of hydrogen-bond acceptors (Lipinski definition) is 3. The van der Waals surface area contributed by atoms with E-state index in [0.29, 0.717) is 18.6 Å². The molecule has 0 saturated carbocycles. The molecule has 0 spiro atoms. The lowest BCUT2D eigenvalue weighted by atomic mass is 10.00. The number of rotatable bonds is 5. The third kappa shape index (κ3) is 3.74. The molecule has 1 N–H and O–H groups in total. The largest absolute Gasteiger partial charge is 0.486 e. The van der Waals surface area contributed by atoms with Crippen LogP contribution in [0.4, 0.5) is 0 Å². The van der Waals surface area contributed by atoms with Gasteiger partial charge < -0.3 is 14.8 Å². The summed E-state index contributed by atoms with van der Waals surface area (Å²) in [7, 11) is 0. The summed E-state index contributed by atoms with van der Waals surface area (Å²) in [5.41, 5.74) is 2.51. The van der Waals surface area contributed by atoms with E-state index in [1.54, 1.807) is 0 Å². The van der Waals surface area contributed by atoms with E-state index in [1.165, 1.54) is 11.1 Å². The molecule has 1 aromatic carbocycles. The fourth-order valence-corrected chi connectivity index (χ4v) is 2.71. The van der Waals surface area contributed by atoms with Gasteiger partial charge in [0.2, 0.25) is 0 Å². The minimum absolute atomic E-state index is 0.1000. The molecule has 1 aliphatic rings. The summed E-state index contributed by atoms with van der Waals surface area (Å²) in [6, 6.07) is 6.87. The Labute approximate surface area is 122 Å². The van der Waals surface area contributed by atoms with Crippen molar-refractivity contribution in [2.45, 2.75) is 52.2 Å². The topological polar surface area (TPSA) is 30.5 Å². The Morgan fingerprint density at radius 1 is 1.40 bits per heavy atom. The zero-order valence-electron chi connectivity index (χ0n) is 13.1. The first-order valence-corrected chi connectivity index (χ1v) is 7.70. The Morgan fingerprint density at radius 2 is 2.20 bits per heavy atom. The van der Waals surface area contributed by atoms with Crippen molar-refractivity contribution in [3.63, 3.8) is 0 Å². The molecule has 2 atom stereocenters. The monoisotopic (exact) mass is 277 g/mol. The maximum Gasteiger partial charge on any atom is 0.137 e. The van der Waals surface area contributed by atoms with Crippen LogP contribution in [0.25, 0.3) is 0 Å². The highest BCUT2D eigenvalue weighted by Crippen LogP contribution is 2.29. The highest BCUT2D eigenvalue weighted by atomic mass is 16.5. The second-order valence-corrected chi connectivity index (χ2v) is 5.88. The smallest absolute Gasteiger partial charge is 0.137 e. The van der Waals surface area contributed by atoms with Gasteiger partial charge in [-0.15, -0.1) is 0 Å². The Hall–Kier alpha value is -1.06. The summed E-state index contributed by atoms with van der Waals surface area (Å²) in [5.74, 6) is 1.48. The number of aryl methyl sites for hydroxylation is 1. The van der Waals surface area contributed by atoms with E-state index in [0.717, 1.165) is 25.3 Å². The van der Waals surface area contributed by atoms with Crippen LogP contribution in [0.15, 0.2) is 18.2 Å². The molecular formula is C17H27NO2. The van der Waals surface area contributed by atoms with Crippen LogP contribution in [-0.4, -0.2) is 31.9 Å². The Balaban J connectivity index is 2.16.